The normalized spacial score (nSPS) is 9.40. The van der Waals surface area contributed by atoms with Crippen molar-refractivity contribution in [3.8, 4) is 0 Å². The number of benzene rings is 1. The maximum Gasteiger partial charge on any atom is 1.00 e. The third-order valence-electron chi connectivity index (χ3n) is 1.58. The molecule has 15 heavy (non-hydrogen) atoms. The molecule has 0 fully saturated rings. The van der Waals surface area contributed by atoms with Crippen LogP contribution in [0.3, 0.4) is 0 Å². The Hall–Kier alpha value is 0.240. The summed E-state index contributed by atoms with van der Waals surface area (Å²) in [6, 6.07) is 11.1. The van der Waals surface area contributed by atoms with Crippen molar-refractivity contribution in [1.82, 2.24) is 0 Å². The first-order chi connectivity index (χ1) is 6.34. The topological polar surface area (TPSA) is 57.5 Å². The molecule has 0 heterocycles. The molecule has 0 atom stereocenters. The molecule has 1 aromatic carbocycles. The Bertz CT molecular complexity index is 278. The molecule has 0 bridgehead atoms. The van der Waals surface area contributed by atoms with Gasteiger partial charge in [0, 0.05) is 4.57 Å². The zero-order valence-corrected chi connectivity index (χ0v) is 12.5. The molecule has 0 radical (unpaired) electrons. The van der Waals surface area contributed by atoms with Crippen LogP contribution in [0.4, 0.5) is 0 Å². The monoisotopic (exact) mass is 237 g/mol. The predicted molar refractivity (Wildman–Crippen MR) is 56.0 cm³/mol. The van der Waals surface area contributed by atoms with Gasteiger partial charge in [-0.3, -0.25) is 0 Å². The predicted octanol–water partition coefficient (Wildman–Crippen LogP) is -0.583. The van der Waals surface area contributed by atoms with Gasteiger partial charge in [0.15, 0.2) is 0 Å². The van der Waals surface area contributed by atoms with Crippen LogP contribution in [0.15, 0.2) is 24.3 Å². The quantitative estimate of drug-likeness (QED) is 0.360. The van der Waals surface area contributed by atoms with Crippen LogP contribution >= 0.6 is 8.25 Å². The Morgan fingerprint density at radius 1 is 1.20 bits per heavy atom. The molecule has 0 spiro atoms. The van der Waals surface area contributed by atoms with Gasteiger partial charge in [0.1, 0.15) is 0 Å². The summed E-state index contributed by atoms with van der Waals surface area (Å²) in [7, 11) is -2.87. The van der Waals surface area contributed by atoms with Crippen molar-refractivity contribution in [2.45, 2.75) is 26.2 Å². The van der Waals surface area contributed by atoms with Crippen molar-refractivity contribution in [2.24, 2.45) is 0 Å². The Balaban J connectivity index is 0. The Morgan fingerprint density at radius 2 is 1.53 bits per heavy atom. The Morgan fingerprint density at radius 3 is 1.73 bits per heavy atom. The molecule has 0 unspecified atom stereocenters. The summed E-state index contributed by atoms with van der Waals surface area (Å²) in [5.74, 6) is 0. The van der Waals surface area contributed by atoms with E-state index in [1.165, 1.54) is 5.56 Å². The smallest absolute Gasteiger partial charge is 0.184 e. The van der Waals surface area contributed by atoms with Crippen LogP contribution in [0.25, 0.3) is 0 Å². The third-order valence-corrected chi connectivity index (χ3v) is 1.58. The van der Waals surface area contributed by atoms with Gasteiger partial charge in [-0.05, 0) is 5.41 Å². The number of rotatable bonds is 0. The van der Waals surface area contributed by atoms with Crippen LogP contribution in [-0.4, -0.2) is 9.79 Å². The van der Waals surface area contributed by atoms with E-state index in [-0.39, 0.29) is 35.0 Å². The van der Waals surface area contributed by atoms with Gasteiger partial charge in [0.2, 0.25) is 0 Å². The second-order valence-electron chi connectivity index (χ2n) is 3.79. The van der Waals surface area contributed by atoms with Crippen molar-refractivity contribution in [1.29, 1.82) is 0 Å². The average molecular weight is 237 g/mol. The second-order valence-corrected chi connectivity index (χ2v) is 4.30. The minimum Gasteiger partial charge on any atom is -0.184 e. The summed E-state index contributed by atoms with van der Waals surface area (Å²) in [5, 5.41) is 0. The van der Waals surface area contributed by atoms with E-state index in [1.807, 2.05) is 12.1 Å². The molecular weight excluding hydrogens is 222 g/mol. The van der Waals surface area contributed by atoms with Crippen molar-refractivity contribution >= 4 is 8.25 Å². The van der Waals surface area contributed by atoms with Crippen LogP contribution in [0, 0.1) is 6.07 Å². The van der Waals surface area contributed by atoms with Gasteiger partial charge in [0.05, 0.1) is 0 Å². The molecule has 0 saturated heterocycles. The Kier molecular flexibility index (Phi) is 9.87. The van der Waals surface area contributed by atoms with Crippen molar-refractivity contribution < 1.29 is 43.9 Å². The molecule has 3 nitrogen and oxygen atoms in total. The minimum atomic E-state index is -2.87. The van der Waals surface area contributed by atoms with E-state index in [0.29, 0.717) is 0 Å². The molecule has 78 valence electrons. The zero-order chi connectivity index (χ0) is 11.2. The standard InChI is InChI=1S/C10H13.Na.HO3P/c1-10(2,3)9-7-5-4-6-8-9;;1-4(2)3/h5-8H,1-3H3;;(H-,1,2,3)/q-1;+1;/p+1. The second kappa shape index (κ2) is 8.40. The van der Waals surface area contributed by atoms with E-state index < -0.39 is 8.25 Å². The fourth-order valence-corrected chi connectivity index (χ4v) is 0.887. The SMILES string of the molecule is CC(C)(C)c1cc[c-]cc1.O=[P+](O)O.[Na+]. The molecule has 0 aliphatic rings. The zero-order valence-electron chi connectivity index (χ0n) is 9.56. The number of hydrogen-bond donors (Lipinski definition) is 2. The van der Waals surface area contributed by atoms with E-state index in [2.05, 4.69) is 39.0 Å². The van der Waals surface area contributed by atoms with E-state index in [1.54, 1.807) is 0 Å². The van der Waals surface area contributed by atoms with Crippen molar-refractivity contribution in [3.63, 3.8) is 0 Å². The van der Waals surface area contributed by atoms with E-state index in [0.717, 1.165) is 0 Å². The average Bonchev–Trinajstić information content (AvgIpc) is 2.03. The summed E-state index contributed by atoms with van der Waals surface area (Å²) in [4.78, 5) is 14.2. The van der Waals surface area contributed by atoms with E-state index >= 15 is 0 Å². The van der Waals surface area contributed by atoms with Crippen LogP contribution in [0.1, 0.15) is 26.3 Å². The van der Waals surface area contributed by atoms with E-state index in [4.69, 9.17) is 14.4 Å². The van der Waals surface area contributed by atoms with Gasteiger partial charge >= 0.3 is 37.8 Å². The van der Waals surface area contributed by atoms with Gasteiger partial charge in [-0.25, -0.2) is 0 Å². The number of hydrogen-bond acceptors (Lipinski definition) is 1. The van der Waals surface area contributed by atoms with E-state index in [9.17, 15) is 0 Å². The van der Waals surface area contributed by atoms with Crippen molar-refractivity contribution in [3.05, 3.63) is 35.9 Å². The van der Waals surface area contributed by atoms with Crippen molar-refractivity contribution in [2.75, 3.05) is 0 Å². The summed E-state index contributed by atoms with van der Waals surface area (Å²) in [6.45, 7) is 6.63. The Labute approximate surface area is 114 Å². The van der Waals surface area contributed by atoms with Crippen LogP contribution in [-0.2, 0) is 9.98 Å². The van der Waals surface area contributed by atoms with Gasteiger partial charge in [-0.1, -0.05) is 20.8 Å². The molecule has 1 aromatic rings. The maximum atomic E-state index is 8.70. The molecule has 0 aromatic heterocycles. The fourth-order valence-electron chi connectivity index (χ4n) is 0.887. The van der Waals surface area contributed by atoms with Crippen LogP contribution in [0.2, 0.25) is 0 Å². The first kappa shape index (κ1) is 17.6. The molecule has 2 N–H and O–H groups in total. The molecule has 0 saturated carbocycles. The van der Waals surface area contributed by atoms with Gasteiger partial charge in [-0.15, -0.1) is 9.79 Å². The molecule has 0 amide bonds. The maximum absolute atomic E-state index is 8.70. The van der Waals surface area contributed by atoms with Gasteiger partial charge < -0.3 is 0 Å². The first-order valence-corrected chi connectivity index (χ1v) is 5.32. The fraction of sp³-hybridized carbons (Fsp3) is 0.400. The largest absolute Gasteiger partial charge is 1.00 e. The van der Waals surface area contributed by atoms with Crippen LogP contribution in [0.5, 0.6) is 0 Å². The summed E-state index contributed by atoms with van der Waals surface area (Å²) in [5.41, 5.74) is 1.64. The van der Waals surface area contributed by atoms with Gasteiger partial charge in [0.25, 0.3) is 0 Å². The van der Waals surface area contributed by atoms with Crippen LogP contribution < -0.4 is 29.6 Å². The summed E-state index contributed by atoms with van der Waals surface area (Å²) >= 11 is 0. The molecule has 5 heteroatoms. The summed E-state index contributed by atoms with van der Waals surface area (Å²) in [6.07, 6.45) is 0. The molecular formula is C10H15NaO3P+. The molecule has 1 rings (SSSR count). The minimum absolute atomic E-state index is 0. The van der Waals surface area contributed by atoms with Gasteiger partial charge in [-0.2, -0.15) is 35.9 Å². The third kappa shape index (κ3) is 10.5. The summed E-state index contributed by atoms with van der Waals surface area (Å²) < 4.78 is 8.70. The first-order valence-electron chi connectivity index (χ1n) is 4.15. The molecule has 0 aliphatic carbocycles. The molecule has 0 aliphatic heterocycles.